The van der Waals surface area contributed by atoms with E-state index in [1.807, 2.05) is 16.9 Å². The van der Waals surface area contributed by atoms with Gasteiger partial charge in [0, 0.05) is 12.7 Å². The Labute approximate surface area is 109 Å². The van der Waals surface area contributed by atoms with Crippen LogP contribution in [0.2, 0.25) is 0 Å². The summed E-state index contributed by atoms with van der Waals surface area (Å²) in [5, 5.41) is 4.53. The zero-order chi connectivity index (χ0) is 13.0. The first-order valence-electron chi connectivity index (χ1n) is 6.53. The van der Waals surface area contributed by atoms with Crippen LogP contribution < -0.4 is 5.73 Å². The van der Waals surface area contributed by atoms with Crippen LogP contribution in [0.4, 0.5) is 5.69 Å². The number of benzene rings is 1. The van der Waals surface area contributed by atoms with E-state index in [0.717, 1.165) is 30.8 Å². The summed E-state index contributed by atoms with van der Waals surface area (Å²) >= 11 is 0. The smallest absolute Gasteiger partial charge is 0.0879 e. The molecule has 0 aliphatic carbocycles. The van der Waals surface area contributed by atoms with Gasteiger partial charge in [-0.25, -0.2) is 0 Å². The fourth-order valence-electron chi connectivity index (χ4n) is 2.10. The molecule has 0 aliphatic rings. The van der Waals surface area contributed by atoms with E-state index >= 15 is 0 Å². The highest BCUT2D eigenvalue weighted by Crippen LogP contribution is 2.19. The first kappa shape index (κ1) is 12.7. The minimum Gasteiger partial charge on any atom is -0.396 e. The summed E-state index contributed by atoms with van der Waals surface area (Å²) in [4.78, 5) is 0. The predicted molar refractivity (Wildman–Crippen MR) is 75.5 cm³/mol. The molecule has 96 valence electrons. The van der Waals surface area contributed by atoms with Gasteiger partial charge in [-0.3, -0.25) is 4.68 Å². The number of anilines is 1. The Morgan fingerprint density at radius 3 is 2.56 bits per heavy atom. The van der Waals surface area contributed by atoms with Crippen molar-refractivity contribution in [2.24, 2.45) is 0 Å². The Balaban J connectivity index is 1.89. The first-order chi connectivity index (χ1) is 8.66. The zero-order valence-electron chi connectivity index (χ0n) is 11.1. The van der Waals surface area contributed by atoms with Crippen LogP contribution in [-0.4, -0.2) is 9.78 Å². The topological polar surface area (TPSA) is 43.8 Å². The number of nitrogens with zero attached hydrogens (tertiary/aromatic N) is 2. The summed E-state index contributed by atoms with van der Waals surface area (Å²) in [6, 6.07) is 10.5. The van der Waals surface area contributed by atoms with E-state index in [-0.39, 0.29) is 0 Å². The number of rotatable bonds is 5. The Morgan fingerprint density at radius 1 is 1.22 bits per heavy atom. The second kappa shape index (κ2) is 5.71. The molecule has 1 heterocycles. The van der Waals surface area contributed by atoms with E-state index in [4.69, 9.17) is 5.73 Å². The molecule has 0 aliphatic heterocycles. The van der Waals surface area contributed by atoms with Crippen molar-refractivity contribution in [1.29, 1.82) is 0 Å². The van der Waals surface area contributed by atoms with Crippen molar-refractivity contribution in [3.8, 4) is 0 Å². The second-order valence-electron chi connectivity index (χ2n) is 4.98. The third-order valence-electron chi connectivity index (χ3n) is 3.06. The molecular weight excluding hydrogens is 222 g/mol. The lowest BCUT2D eigenvalue weighted by Gasteiger charge is -2.03. The molecule has 0 fully saturated rings. The molecule has 2 aromatic rings. The summed E-state index contributed by atoms with van der Waals surface area (Å²) in [6.45, 7) is 5.16. The second-order valence-corrected chi connectivity index (χ2v) is 4.98. The standard InChI is InChI=1S/C15H21N3/c1-12(2)15-14(16)11-18(17-15)10-6-9-13-7-4-3-5-8-13/h3-5,7-8,11-12H,6,9-10,16H2,1-2H3. The van der Waals surface area contributed by atoms with Gasteiger partial charge in [-0.15, -0.1) is 0 Å². The van der Waals surface area contributed by atoms with Crippen LogP contribution in [0.3, 0.4) is 0 Å². The van der Waals surface area contributed by atoms with Gasteiger partial charge in [0.15, 0.2) is 0 Å². The van der Waals surface area contributed by atoms with Crippen LogP contribution in [0.1, 0.15) is 37.4 Å². The third kappa shape index (κ3) is 3.13. The molecule has 1 aromatic heterocycles. The van der Waals surface area contributed by atoms with Crippen LogP contribution in [0.15, 0.2) is 36.5 Å². The molecule has 3 heteroatoms. The quantitative estimate of drug-likeness (QED) is 0.876. The van der Waals surface area contributed by atoms with Gasteiger partial charge in [0.1, 0.15) is 0 Å². The zero-order valence-corrected chi connectivity index (χ0v) is 11.1. The van der Waals surface area contributed by atoms with Crippen LogP contribution in [0.25, 0.3) is 0 Å². The predicted octanol–water partition coefficient (Wildman–Crippen LogP) is 3.22. The minimum atomic E-state index is 0.389. The lowest BCUT2D eigenvalue weighted by atomic mass is 10.1. The number of nitrogen functional groups attached to an aromatic ring is 1. The number of hydrogen-bond acceptors (Lipinski definition) is 2. The van der Waals surface area contributed by atoms with E-state index in [1.165, 1.54) is 5.56 Å². The van der Waals surface area contributed by atoms with Crippen molar-refractivity contribution in [3.05, 3.63) is 47.8 Å². The Bertz CT molecular complexity index is 486. The van der Waals surface area contributed by atoms with Gasteiger partial charge in [-0.05, 0) is 24.3 Å². The molecule has 0 bridgehead atoms. The van der Waals surface area contributed by atoms with Crippen LogP contribution in [-0.2, 0) is 13.0 Å². The fraction of sp³-hybridized carbons (Fsp3) is 0.400. The fourth-order valence-corrected chi connectivity index (χ4v) is 2.10. The summed E-state index contributed by atoms with van der Waals surface area (Å²) in [5.41, 5.74) is 9.14. The van der Waals surface area contributed by atoms with Gasteiger partial charge >= 0.3 is 0 Å². The van der Waals surface area contributed by atoms with Crippen molar-refractivity contribution >= 4 is 5.69 Å². The Hall–Kier alpha value is -1.77. The van der Waals surface area contributed by atoms with Gasteiger partial charge in [0.25, 0.3) is 0 Å². The van der Waals surface area contributed by atoms with Gasteiger partial charge in [0.05, 0.1) is 11.4 Å². The molecule has 0 saturated heterocycles. The summed E-state index contributed by atoms with van der Waals surface area (Å²) in [7, 11) is 0. The molecule has 18 heavy (non-hydrogen) atoms. The molecule has 1 aromatic carbocycles. The number of hydrogen-bond donors (Lipinski definition) is 1. The summed E-state index contributed by atoms with van der Waals surface area (Å²) in [6.07, 6.45) is 4.11. The maximum Gasteiger partial charge on any atom is 0.0879 e. The average Bonchev–Trinajstić information content (AvgIpc) is 2.72. The molecule has 0 unspecified atom stereocenters. The van der Waals surface area contributed by atoms with E-state index < -0.39 is 0 Å². The maximum absolute atomic E-state index is 5.94. The summed E-state index contributed by atoms with van der Waals surface area (Å²) < 4.78 is 1.97. The highest BCUT2D eigenvalue weighted by atomic mass is 15.3. The van der Waals surface area contributed by atoms with Crippen molar-refractivity contribution in [2.45, 2.75) is 39.2 Å². The molecule has 0 radical (unpaired) electrons. The van der Waals surface area contributed by atoms with Gasteiger partial charge in [-0.2, -0.15) is 5.10 Å². The normalized spacial score (nSPS) is 11.1. The monoisotopic (exact) mass is 243 g/mol. The Morgan fingerprint density at radius 2 is 1.94 bits per heavy atom. The van der Waals surface area contributed by atoms with Crippen molar-refractivity contribution in [2.75, 3.05) is 5.73 Å². The summed E-state index contributed by atoms with van der Waals surface area (Å²) in [5.74, 6) is 0.389. The SMILES string of the molecule is CC(C)c1nn(CCCc2ccccc2)cc1N. The van der Waals surface area contributed by atoms with Crippen LogP contribution >= 0.6 is 0 Å². The third-order valence-corrected chi connectivity index (χ3v) is 3.06. The molecule has 3 nitrogen and oxygen atoms in total. The van der Waals surface area contributed by atoms with Crippen molar-refractivity contribution in [3.63, 3.8) is 0 Å². The number of aromatic nitrogens is 2. The van der Waals surface area contributed by atoms with E-state index in [0.29, 0.717) is 5.92 Å². The van der Waals surface area contributed by atoms with E-state index in [1.54, 1.807) is 0 Å². The number of nitrogens with two attached hydrogens (primary N) is 1. The lowest BCUT2D eigenvalue weighted by molar-refractivity contribution is 0.567. The first-order valence-corrected chi connectivity index (χ1v) is 6.53. The molecular formula is C15H21N3. The average molecular weight is 243 g/mol. The highest BCUT2D eigenvalue weighted by molar-refractivity contribution is 5.42. The minimum absolute atomic E-state index is 0.389. The number of aryl methyl sites for hydroxylation is 2. The van der Waals surface area contributed by atoms with Gasteiger partial charge < -0.3 is 5.73 Å². The van der Waals surface area contributed by atoms with E-state index in [2.05, 4.69) is 43.2 Å². The molecule has 2 N–H and O–H groups in total. The van der Waals surface area contributed by atoms with Crippen LogP contribution in [0, 0.1) is 0 Å². The molecule has 0 saturated carbocycles. The molecule has 0 spiro atoms. The molecule has 0 atom stereocenters. The van der Waals surface area contributed by atoms with Gasteiger partial charge in [-0.1, -0.05) is 44.2 Å². The van der Waals surface area contributed by atoms with Gasteiger partial charge in [0.2, 0.25) is 0 Å². The maximum atomic E-state index is 5.94. The van der Waals surface area contributed by atoms with Crippen molar-refractivity contribution < 1.29 is 0 Å². The van der Waals surface area contributed by atoms with Crippen molar-refractivity contribution in [1.82, 2.24) is 9.78 Å². The van der Waals surface area contributed by atoms with Crippen LogP contribution in [0.5, 0.6) is 0 Å². The highest BCUT2D eigenvalue weighted by Gasteiger charge is 2.09. The Kier molecular flexibility index (Phi) is 4.03. The largest absolute Gasteiger partial charge is 0.396 e. The lowest BCUT2D eigenvalue weighted by Crippen LogP contribution is -2.01. The van der Waals surface area contributed by atoms with E-state index in [9.17, 15) is 0 Å². The molecule has 2 rings (SSSR count). The molecule has 0 amide bonds.